The molecule has 1 fully saturated rings. The standard InChI is InChI=1S/C14H19ClN4O3/c1-2-5-22-10-6-11(13(16)20)19(8-10)14(21)18-12-4-3-9(15)7-17-12/h3-4,7,10-11H,2,5-6,8H2,1H3,(H2,16,20)(H,17,18,21). The second kappa shape index (κ2) is 7.42. The highest BCUT2D eigenvalue weighted by Crippen LogP contribution is 2.21. The van der Waals surface area contributed by atoms with Crippen molar-refractivity contribution in [3.63, 3.8) is 0 Å². The van der Waals surface area contributed by atoms with E-state index in [1.807, 2.05) is 6.92 Å². The van der Waals surface area contributed by atoms with Crippen molar-refractivity contribution < 1.29 is 14.3 Å². The minimum Gasteiger partial charge on any atom is -0.376 e. The third kappa shape index (κ3) is 4.08. The molecule has 2 rings (SSSR count). The third-order valence-corrected chi connectivity index (χ3v) is 3.60. The lowest BCUT2D eigenvalue weighted by molar-refractivity contribution is -0.121. The second-order valence-corrected chi connectivity index (χ2v) is 5.53. The average Bonchev–Trinajstić information content (AvgIpc) is 2.92. The molecule has 8 heteroatoms. The number of nitrogens with zero attached hydrogens (tertiary/aromatic N) is 2. The fraction of sp³-hybridized carbons (Fsp3) is 0.500. The minimum absolute atomic E-state index is 0.179. The van der Waals surface area contributed by atoms with Crippen LogP contribution in [0.3, 0.4) is 0 Å². The molecular formula is C14H19ClN4O3. The van der Waals surface area contributed by atoms with Gasteiger partial charge in [-0.25, -0.2) is 9.78 Å². The lowest BCUT2D eigenvalue weighted by Crippen LogP contribution is -2.45. The van der Waals surface area contributed by atoms with Gasteiger partial charge in [-0.15, -0.1) is 0 Å². The Labute approximate surface area is 133 Å². The predicted molar refractivity (Wildman–Crippen MR) is 82.6 cm³/mol. The molecule has 7 nitrogen and oxygen atoms in total. The molecule has 0 spiro atoms. The highest BCUT2D eigenvalue weighted by Gasteiger charge is 2.39. The van der Waals surface area contributed by atoms with Crippen molar-refractivity contribution in [1.29, 1.82) is 0 Å². The first-order chi connectivity index (χ1) is 10.5. The van der Waals surface area contributed by atoms with E-state index in [0.29, 0.717) is 30.4 Å². The van der Waals surface area contributed by atoms with Crippen LogP contribution in [0, 0.1) is 0 Å². The fourth-order valence-corrected chi connectivity index (χ4v) is 2.44. The van der Waals surface area contributed by atoms with Crippen LogP contribution in [0.2, 0.25) is 5.02 Å². The zero-order valence-electron chi connectivity index (χ0n) is 12.3. The van der Waals surface area contributed by atoms with Crippen molar-refractivity contribution in [1.82, 2.24) is 9.88 Å². The van der Waals surface area contributed by atoms with E-state index in [4.69, 9.17) is 22.1 Å². The Kier molecular flexibility index (Phi) is 5.57. The fourth-order valence-electron chi connectivity index (χ4n) is 2.33. The molecule has 0 saturated carbocycles. The van der Waals surface area contributed by atoms with Gasteiger partial charge >= 0.3 is 6.03 Å². The number of aromatic nitrogens is 1. The van der Waals surface area contributed by atoms with Crippen LogP contribution in [-0.4, -0.2) is 47.1 Å². The summed E-state index contributed by atoms with van der Waals surface area (Å²) in [5.74, 6) is -0.183. The minimum atomic E-state index is -0.672. The highest BCUT2D eigenvalue weighted by molar-refractivity contribution is 6.30. The molecule has 0 aromatic carbocycles. The quantitative estimate of drug-likeness (QED) is 0.859. The lowest BCUT2D eigenvalue weighted by atomic mass is 10.2. The Morgan fingerprint density at radius 3 is 2.91 bits per heavy atom. The number of urea groups is 1. The van der Waals surface area contributed by atoms with E-state index in [9.17, 15) is 9.59 Å². The molecule has 1 aromatic heterocycles. The summed E-state index contributed by atoms with van der Waals surface area (Å²) < 4.78 is 5.62. The molecule has 2 heterocycles. The number of hydrogen-bond donors (Lipinski definition) is 2. The number of carbonyl (C=O) groups is 2. The van der Waals surface area contributed by atoms with Crippen molar-refractivity contribution in [3.05, 3.63) is 23.4 Å². The van der Waals surface area contributed by atoms with E-state index in [-0.39, 0.29) is 6.10 Å². The number of carbonyl (C=O) groups excluding carboxylic acids is 2. The van der Waals surface area contributed by atoms with E-state index in [2.05, 4.69) is 10.3 Å². The molecule has 0 radical (unpaired) electrons. The number of rotatable bonds is 5. The van der Waals surface area contributed by atoms with E-state index in [1.165, 1.54) is 11.1 Å². The zero-order valence-corrected chi connectivity index (χ0v) is 13.0. The number of nitrogens with one attached hydrogen (secondary N) is 1. The molecule has 2 unspecified atom stereocenters. The predicted octanol–water partition coefficient (Wildman–Crippen LogP) is 1.62. The smallest absolute Gasteiger partial charge is 0.323 e. The molecule has 0 aliphatic carbocycles. The molecule has 2 atom stereocenters. The average molecular weight is 327 g/mol. The molecule has 120 valence electrons. The van der Waals surface area contributed by atoms with Crippen LogP contribution < -0.4 is 11.1 Å². The van der Waals surface area contributed by atoms with Crippen LogP contribution in [0.25, 0.3) is 0 Å². The van der Waals surface area contributed by atoms with Gasteiger partial charge < -0.3 is 15.4 Å². The van der Waals surface area contributed by atoms with Crippen molar-refractivity contribution >= 4 is 29.4 Å². The number of halogens is 1. The first kappa shape index (κ1) is 16.5. The molecule has 3 N–H and O–H groups in total. The Morgan fingerprint density at radius 1 is 1.55 bits per heavy atom. The molecule has 1 aliphatic heterocycles. The Bertz CT molecular complexity index is 537. The number of nitrogens with two attached hydrogens (primary N) is 1. The lowest BCUT2D eigenvalue weighted by Gasteiger charge is -2.22. The zero-order chi connectivity index (χ0) is 16.1. The van der Waals surface area contributed by atoms with Crippen molar-refractivity contribution in [3.8, 4) is 0 Å². The summed E-state index contributed by atoms with van der Waals surface area (Å²) in [5, 5.41) is 3.10. The van der Waals surface area contributed by atoms with Gasteiger partial charge in [-0.2, -0.15) is 0 Å². The molecule has 3 amide bonds. The van der Waals surface area contributed by atoms with Crippen LogP contribution in [0.1, 0.15) is 19.8 Å². The van der Waals surface area contributed by atoms with Crippen LogP contribution in [0.4, 0.5) is 10.6 Å². The summed E-state index contributed by atoms with van der Waals surface area (Å²) in [6.07, 6.45) is 2.54. The summed E-state index contributed by atoms with van der Waals surface area (Å²) >= 11 is 5.74. The van der Waals surface area contributed by atoms with Gasteiger partial charge in [0, 0.05) is 25.8 Å². The maximum absolute atomic E-state index is 12.3. The number of primary amides is 1. The van der Waals surface area contributed by atoms with Gasteiger partial charge in [0.05, 0.1) is 11.1 Å². The normalized spacial score (nSPS) is 20.9. The van der Waals surface area contributed by atoms with Crippen molar-refractivity contribution in [2.45, 2.75) is 31.9 Å². The first-order valence-corrected chi connectivity index (χ1v) is 7.49. The Hall–Kier alpha value is -1.86. The first-order valence-electron chi connectivity index (χ1n) is 7.11. The van der Waals surface area contributed by atoms with E-state index in [0.717, 1.165) is 6.42 Å². The van der Waals surface area contributed by atoms with Gasteiger partial charge in [-0.3, -0.25) is 10.1 Å². The number of likely N-dealkylation sites (tertiary alicyclic amines) is 1. The molecular weight excluding hydrogens is 308 g/mol. The molecule has 22 heavy (non-hydrogen) atoms. The van der Waals surface area contributed by atoms with Gasteiger partial charge in [-0.05, 0) is 18.6 Å². The topological polar surface area (TPSA) is 97.5 Å². The Morgan fingerprint density at radius 2 is 2.32 bits per heavy atom. The van der Waals surface area contributed by atoms with Gasteiger partial charge in [0.25, 0.3) is 0 Å². The molecule has 0 bridgehead atoms. The van der Waals surface area contributed by atoms with E-state index >= 15 is 0 Å². The number of pyridine rings is 1. The van der Waals surface area contributed by atoms with Crippen molar-refractivity contribution in [2.75, 3.05) is 18.5 Å². The van der Waals surface area contributed by atoms with E-state index in [1.54, 1.807) is 12.1 Å². The third-order valence-electron chi connectivity index (χ3n) is 3.37. The number of amides is 3. The number of hydrogen-bond acceptors (Lipinski definition) is 4. The summed E-state index contributed by atoms with van der Waals surface area (Å²) in [4.78, 5) is 29.2. The maximum Gasteiger partial charge on any atom is 0.323 e. The Balaban J connectivity index is 2.02. The number of ether oxygens (including phenoxy) is 1. The molecule has 1 aliphatic rings. The highest BCUT2D eigenvalue weighted by atomic mass is 35.5. The summed E-state index contributed by atoms with van der Waals surface area (Å²) in [5.41, 5.74) is 5.38. The van der Waals surface area contributed by atoms with Crippen LogP contribution >= 0.6 is 11.6 Å². The molecule has 1 aromatic rings. The van der Waals surface area contributed by atoms with Gasteiger partial charge in [0.15, 0.2) is 0 Å². The van der Waals surface area contributed by atoms with Crippen LogP contribution in [0.15, 0.2) is 18.3 Å². The summed E-state index contributed by atoms with van der Waals surface area (Å²) in [6, 6.07) is 2.10. The van der Waals surface area contributed by atoms with Crippen LogP contribution in [-0.2, 0) is 9.53 Å². The number of anilines is 1. The summed E-state index contributed by atoms with van der Waals surface area (Å²) in [7, 11) is 0. The van der Waals surface area contributed by atoms with Gasteiger partial charge in [0.2, 0.25) is 5.91 Å². The van der Waals surface area contributed by atoms with Gasteiger partial charge in [-0.1, -0.05) is 18.5 Å². The SMILES string of the molecule is CCCOC1CC(C(N)=O)N(C(=O)Nc2ccc(Cl)cn2)C1. The van der Waals surface area contributed by atoms with Crippen LogP contribution in [0.5, 0.6) is 0 Å². The van der Waals surface area contributed by atoms with Gasteiger partial charge in [0.1, 0.15) is 11.9 Å². The van der Waals surface area contributed by atoms with E-state index < -0.39 is 18.0 Å². The second-order valence-electron chi connectivity index (χ2n) is 5.09. The van der Waals surface area contributed by atoms with Crippen molar-refractivity contribution in [2.24, 2.45) is 5.73 Å². The monoisotopic (exact) mass is 326 g/mol. The summed E-state index contributed by atoms with van der Waals surface area (Å²) in [6.45, 7) is 2.91. The largest absolute Gasteiger partial charge is 0.376 e. The maximum atomic E-state index is 12.3. The molecule has 1 saturated heterocycles.